The second-order valence-electron chi connectivity index (χ2n) is 5.02. The van der Waals surface area contributed by atoms with Crippen molar-refractivity contribution in [3.63, 3.8) is 0 Å². The minimum atomic E-state index is -1.07. The second-order valence-corrected chi connectivity index (χ2v) is 5.02. The van der Waals surface area contributed by atoms with Crippen molar-refractivity contribution in [2.45, 2.75) is 31.8 Å². The van der Waals surface area contributed by atoms with E-state index in [9.17, 15) is 9.18 Å². The quantitative estimate of drug-likeness (QED) is 0.619. The molecule has 1 aromatic rings. The average Bonchev–Trinajstić information content (AvgIpc) is 2.94. The maximum absolute atomic E-state index is 13.4. The molecule has 1 saturated heterocycles. The maximum Gasteiger partial charge on any atom is 0.328 e. The number of carboxylic acid groups (broad SMARTS) is 1. The molecule has 1 N–H and O–H groups in total. The highest BCUT2D eigenvalue weighted by atomic mass is 19.1. The number of carbonyl (C=O) groups is 1. The largest absolute Gasteiger partial charge is 0.493 e. The SMILES string of the molecule is O=C(O)/C=C/c1cc(F)cc(OCCCC2CCCO2)c1. The normalized spacial score (nSPS) is 18.2. The molecule has 0 spiro atoms. The van der Waals surface area contributed by atoms with Crippen molar-refractivity contribution >= 4 is 12.0 Å². The Morgan fingerprint density at radius 3 is 3.05 bits per heavy atom. The summed E-state index contributed by atoms with van der Waals surface area (Å²) in [4.78, 5) is 10.5. The van der Waals surface area contributed by atoms with Gasteiger partial charge in [0.25, 0.3) is 0 Å². The lowest BCUT2D eigenvalue weighted by Crippen LogP contribution is -2.07. The number of rotatable bonds is 7. The molecule has 2 rings (SSSR count). The van der Waals surface area contributed by atoms with Crippen LogP contribution in [0, 0.1) is 5.82 Å². The number of halogens is 1. The van der Waals surface area contributed by atoms with Crippen molar-refractivity contribution in [3.05, 3.63) is 35.7 Å². The third kappa shape index (κ3) is 5.55. The molecule has 1 unspecified atom stereocenters. The maximum atomic E-state index is 13.4. The van der Waals surface area contributed by atoms with Crippen LogP contribution in [0.25, 0.3) is 6.08 Å². The van der Waals surface area contributed by atoms with Crippen LogP contribution in [0.3, 0.4) is 0 Å². The van der Waals surface area contributed by atoms with Crippen LogP contribution in [-0.2, 0) is 9.53 Å². The molecule has 1 aliphatic rings. The van der Waals surface area contributed by atoms with Crippen LogP contribution in [0.5, 0.6) is 5.75 Å². The molecule has 1 aromatic carbocycles. The summed E-state index contributed by atoms with van der Waals surface area (Å²) in [7, 11) is 0. The zero-order chi connectivity index (χ0) is 15.1. The van der Waals surface area contributed by atoms with Gasteiger partial charge >= 0.3 is 5.97 Å². The van der Waals surface area contributed by atoms with Crippen molar-refractivity contribution < 1.29 is 23.8 Å². The predicted octanol–water partition coefficient (Wildman–Crippen LogP) is 3.26. The van der Waals surface area contributed by atoms with Gasteiger partial charge in [-0.05, 0) is 49.5 Å². The molecule has 5 heteroatoms. The predicted molar refractivity (Wildman–Crippen MR) is 76.8 cm³/mol. The molecule has 0 radical (unpaired) electrons. The van der Waals surface area contributed by atoms with Crippen LogP contribution in [0.15, 0.2) is 24.3 Å². The summed E-state index contributed by atoms with van der Waals surface area (Å²) in [6, 6.07) is 4.18. The minimum Gasteiger partial charge on any atom is -0.493 e. The standard InChI is InChI=1S/C16H19FO4/c17-13-9-12(5-6-16(18)19)10-15(11-13)21-8-2-4-14-3-1-7-20-14/h5-6,9-11,14H,1-4,7-8H2,(H,18,19)/b6-5+. The van der Waals surface area contributed by atoms with E-state index in [1.165, 1.54) is 18.2 Å². The average molecular weight is 294 g/mol. The Hall–Kier alpha value is -1.88. The molecular weight excluding hydrogens is 275 g/mol. The molecule has 1 heterocycles. The van der Waals surface area contributed by atoms with Crippen LogP contribution >= 0.6 is 0 Å². The molecule has 0 bridgehead atoms. The summed E-state index contributed by atoms with van der Waals surface area (Å²) in [5.74, 6) is -1.11. The van der Waals surface area contributed by atoms with Crippen LogP contribution < -0.4 is 4.74 Å². The van der Waals surface area contributed by atoms with Gasteiger partial charge in [-0.2, -0.15) is 0 Å². The van der Waals surface area contributed by atoms with Gasteiger partial charge in [0.1, 0.15) is 11.6 Å². The number of hydrogen-bond acceptors (Lipinski definition) is 3. The zero-order valence-electron chi connectivity index (χ0n) is 11.8. The van der Waals surface area contributed by atoms with Gasteiger partial charge in [-0.25, -0.2) is 9.18 Å². The Kier molecular flexibility index (Phi) is 5.75. The fraction of sp³-hybridized carbons (Fsp3) is 0.438. The van der Waals surface area contributed by atoms with Crippen molar-refractivity contribution in [1.82, 2.24) is 0 Å². The fourth-order valence-corrected chi connectivity index (χ4v) is 2.30. The fourth-order valence-electron chi connectivity index (χ4n) is 2.30. The lowest BCUT2D eigenvalue weighted by molar-refractivity contribution is -0.131. The van der Waals surface area contributed by atoms with E-state index in [0.29, 0.717) is 24.0 Å². The molecular formula is C16H19FO4. The number of carboxylic acids is 1. The van der Waals surface area contributed by atoms with Crippen molar-refractivity contribution in [2.24, 2.45) is 0 Å². The van der Waals surface area contributed by atoms with Crippen LogP contribution in [0.1, 0.15) is 31.2 Å². The van der Waals surface area contributed by atoms with E-state index < -0.39 is 11.8 Å². The first-order valence-electron chi connectivity index (χ1n) is 7.09. The summed E-state index contributed by atoms with van der Waals surface area (Å²) >= 11 is 0. The van der Waals surface area contributed by atoms with Gasteiger partial charge in [-0.1, -0.05) is 0 Å². The van der Waals surface area contributed by atoms with Gasteiger partial charge in [0.15, 0.2) is 0 Å². The van der Waals surface area contributed by atoms with Crippen LogP contribution in [-0.4, -0.2) is 30.4 Å². The summed E-state index contributed by atoms with van der Waals surface area (Å²) in [6.07, 6.45) is 6.65. The highest BCUT2D eigenvalue weighted by Gasteiger charge is 2.14. The van der Waals surface area contributed by atoms with E-state index in [1.54, 1.807) is 6.07 Å². The van der Waals surface area contributed by atoms with E-state index in [4.69, 9.17) is 14.6 Å². The molecule has 114 valence electrons. The zero-order valence-corrected chi connectivity index (χ0v) is 11.8. The Morgan fingerprint density at radius 2 is 2.33 bits per heavy atom. The smallest absolute Gasteiger partial charge is 0.328 e. The summed E-state index contributed by atoms with van der Waals surface area (Å²) in [6.45, 7) is 1.33. The second kappa shape index (κ2) is 7.78. The lowest BCUT2D eigenvalue weighted by Gasteiger charge is -2.10. The van der Waals surface area contributed by atoms with Gasteiger partial charge in [-0.3, -0.25) is 0 Å². The van der Waals surface area contributed by atoms with Gasteiger partial charge in [-0.15, -0.1) is 0 Å². The molecule has 21 heavy (non-hydrogen) atoms. The molecule has 0 aliphatic carbocycles. The van der Waals surface area contributed by atoms with E-state index in [2.05, 4.69) is 0 Å². The lowest BCUT2D eigenvalue weighted by atomic mass is 10.1. The molecule has 1 atom stereocenters. The van der Waals surface area contributed by atoms with Gasteiger partial charge in [0.2, 0.25) is 0 Å². The highest BCUT2D eigenvalue weighted by Crippen LogP contribution is 2.20. The van der Waals surface area contributed by atoms with Crippen molar-refractivity contribution in [2.75, 3.05) is 13.2 Å². The number of aliphatic carboxylic acids is 1. The van der Waals surface area contributed by atoms with E-state index in [-0.39, 0.29) is 0 Å². The molecule has 1 aliphatic heterocycles. The molecule has 4 nitrogen and oxygen atoms in total. The third-order valence-corrected chi connectivity index (χ3v) is 3.28. The van der Waals surface area contributed by atoms with Crippen LogP contribution in [0.4, 0.5) is 4.39 Å². The monoisotopic (exact) mass is 294 g/mol. The number of ether oxygens (including phenoxy) is 2. The van der Waals surface area contributed by atoms with Gasteiger partial charge in [0, 0.05) is 18.7 Å². The number of hydrogen-bond donors (Lipinski definition) is 1. The molecule has 0 saturated carbocycles. The van der Waals surface area contributed by atoms with Gasteiger partial charge in [0.05, 0.1) is 12.7 Å². The number of benzene rings is 1. The first-order chi connectivity index (χ1) is 10.1. The topological polar surface area (TPSA) is 55.8 Å². The summed E-state index contributed by atoms with van der Waals surface area (Å²) < 4.78 is 24.5. The first-order valence-corrected chi connectivity index (χ1v) is 7.09. The van der Waals surface area contributed by atoms with E-state index in [0.717, 1.165) is 38.4 Å². The van der Waals surface area contributed by atoms with Crippen LogP contribution in [0.2, 0.25) is 0 Å². The Balaban J connectivity index is 1.82. The summed E-state index contributed by atoms with van der Waals surface area (Å²) in [5, 5.41) is 8.57. The highest BCUT2D eigenvalue weighted by molar-refractivity contribution is 5.85. The molecule has 0 aromatic heterocycles. The Bertz CT molecular complexity index is 507. The minimum absolute atomic E-state index is 0.329. The Labute approximate surface area is 123 Å². The molecule has 1 fully saturated rings. The van der Waals surface area contributed by atoms with Gasteiger partial charge < -0.3 is 14.6 Å². The van der Waals surface area contributed by atoms with E-state index >= 15 is 0 Å². The third-order valence-electron chi connectivity index (χ3n) is 3.28. The summed E-state index contributed by atoms with van der Waals surface area (Å²) in [5.41, 5.74) is 0.464. The van der Waals surface area contributed by atoms with Crippen molar-refractivity contribution in [3.8, 4) is 5.75 Å². The van der Waals surface area contributed by atoms with E-state index in [1.807, 2.05) is 0 Å². The molecule has 0 amide bonds. The Morgan fingerprint density at radius 1 is 1.48 bits per heavy atom. The first kappa shape index (κ1) is 15.5. The van der Waals surface area contributed by atoms with Crippen molar-refractivity contribution in [1.29, 1.82) is 0 Å².